The zero-order valence-electron chi connectivity index (χ0n) is 10.00. The number of nitrogens with one attached hydrogen (secondary N) is 1. The fourth-order valence-corrected chi connectivity index (χ4v) is 2.97. The van der Waals surface area contributed by atoms with Crippen LogP contribution in [0, 0.1) is 11.3 Å². The van der Waals surface area contributed by atoms with Crippen LogP contribution in [0.25, 0.3) is 0 Å². The summed E-state index contributed by atoms with van der Waals surface area (Å²) in [6, 6.07) is 7.71. The molecule has 1 heterocycles. The number of rotatable bonds is 3. The van der Waals surface area contributed by atoms with Gasteiger partial charge in [0.15, 0.2) is 0 Å². The number of piperazine rings is 1. The van der Waals surface area contributed by atoms with Gasteiger partial charge in [-0.15, -0.1) is 0 Å². The molecule has 0 amide bonds. The second-order valence-corrected chi connectivity index (χ2v) is 5.11. The third-order valence-corrected chi connectivity index (χ3v) is 3.87. The molecule has 0 saturated carbocycles. The second-order valence-electron chi connectivity index (χ2n) is 4.30. The number of nitriles is 1. The summed E-state index contributed by atoms with van der Waals surface area (Å²) >= 11 is 12.5. The summed E-state index contributed by atoms with van der Waals surface area (Å²) in [6.07, 6.45) is 0.406. The van der Waals surface area contributed by atoms with E-state index in [-0.39, 0.29) is 6.04 Å². The first-order valence-corrected chi connectivity index (χ1v) is 6.75. The van der Waals surface area contributed by atoms with Gasteiger partial charge in [0.05, 0.1) is 18.5 Å². The van der Waals surface area contributed by atoms with Crippen molar-refractivity contribution in [1.29, 1.82) is 5.26 Å². The lowest BCUT2D eigenvalue weighted by molar-refractivity contribution is 0.176. The van der Waals surface area contributed by atoms with Gasteiger partial charge in [-0.3, -0.25) is 4.90 Å². The number of hydrogen-bond acceptors (Lipinski definition) is 3. The van der Waals surface area contributed by atoms with E-state index >= 15 is 0 Å². The molecular formula is C13H15Cl2N3. The largest absolute Gasteiger partial charge is 0.314 e. The maximum Gasteiger partial charge on any atom is 0.0641 e. The molecule has 1 aliphatic heterocycles. The molecule has 0 spiro atoms. The molecule has 1 fully saturated rings. The van der Waals surface area contributed by atoms with Crippen LogP contribution in [0.2, 0.25) is 10.0 Å². The van der Waals surface area contributed by atoms with E-state index in [9.17, 15) is 0 Å². The molecule has 0 aliphatic carbocycles. The third-order valence-electron chi connectivity index (χ3n) is 3.21. The average Bonchev–Trinajstić information content (AvgIpc) is 2.38. The van der Waals surface area contributed by atoms with Gasteiger partial charge in [-0.25, -0.2) is 0 Å². The molecule has 2 rings (SSSR count). The van der Waals surface area contributed by atoms with Crippen molar-refractivity contribution in [2.24, 2.45) is 0 Å². The molecule has 0 unspecified atom stereocenters. The lowest BCUT2D eigenvalue weighted by atomic mass is 10.0. The Morgan fingerprint density at radius 3 is 2.44 bits per heavy atom. The van der Waals surface area contributed by atoms with Gasteiger partial charge in [0.2, 0.25) is 0 Å². The Balaban J connectivity index is 2.31. The molecule has 96 valence electrons. The van der Waals surface area contributed by atoms with Crippen molar-refractivity contribution < 1.29 is 0 Å². The molecule has 3 nitrogen and oxygen atoms in total. The topological polar surface area (TPSA) is 39.1 Å². The lowest BCUT2D eigenvalue weighted by Gasteiger charge is -2.34. The van der Waals surface area contributed by atoms with E-state index < -0.39 is 0 Å². The van der Waals surface area contributed by atoms with Gasteiger partial charge in [-0.1, -0.05) is 29.3 Å². The highest BCUT2D eigenvalue weighted by atomic mass is 35.5. The number of nitrogens with zero attached hydrogens (tertiary/aromatic N) is 2. The van der Waals surface area contributed by atoms with Crippen LogP contribution in [0.4, 0.5) is 0 Å². The Morgan fingerprint density at radius 2 is 1.89 bits per heavy atom. The van der Waals surface area contributed by atoms with E-state index in [0.717, 1.165) is 31.7 Å². The van der Waals surface area contributed by atoms with Crippen LogP contribution in [-0.4, -0.2) is 31.1 Å². The van der Waals surface area contributed by atoms with Gasteiger partial charge in [0, 0.05) is 41.8 Å². The predicted molar refractivity (Wildman–Crippen MR) is 73.9 cm³/mol. The molecule has 18 heavy (non-hydrogen) atoms. The van der Waals surface area contributed by atoms with E-state index in [1.54, 1.807) is 0 Å². The zero-order chi connectivity index (χ0) is 13.0. The molecule has 1 saturated heterocycles. The Labute approximate surface area is 117 Å². The number of hydrogen-bond donors (Lipinski definition) is 1. The van der Waals surface area contributed by atoms with Gasteiger partial charge in [0.1, 0.15) is 0 Å². The highest BCUT2D eigenvalue weighted by Gasteiger charge is 2.25. The van der Waals surface area contributed by atoms with Crippen molar-refractivity contribution in [3.63, 3.8) is 0 Å². The van der Waals surface area contributed by atoms with E-state index in [1.165, 1.54) is 0 Å². The molecule has 1 N–H and O–H groups in total. The molecule has 1 atom stereocenters. The van der Waals surface area contributed by atoms with Crippen LogP contribution >= 0.6 is 23.2 Å². The van der Waals surface area contributed by atoms with E-state index in [2.05, 4.69) is 16.3 Å². The van der Waals surface area contributed by atoms with Crippen LogP contribution in [0.1, 0.15) is 18.0 Å². The van der Waals surface area contributed by atoms with Crippen LogP contribution in [0.15, 0.2) is 18.2 Å². The summed E-state index contributed by atoms with van der Waals surface area (Å²) in [6.45, 7) is 3.69. The molecule has 0 aromatic heterocycles. The molecule has 1 aromatic carbocycles. The van der Waals surface area contributed by atoms with E-state index in [1.807, 2.05) is 18.2 Å². The minimum Gasteiger partial charge on any atom is -0.314 e. The Morgan fingerprint density at radius 1 is 1.28 bits per heavy atom. The molecule has 0 bridgehead atoms. The first-order chi connectivity index (χ1) is 8.74. The Hall–Kier alpha value is -0.790. The maximum atomic E-state index is 9.03. The Bertz CT molecular complexity index is 430. The average molecular weight is 284 g/mol. The second kappa shape index (κ2) is 6.40. The SMILES string of the molecule is N#CC[C@@H](c1c(Cl)cccc1Cl)N1CCNCC1. The monoisotopic (exact) mass is 283 g/mol. The van der Waals surface area contributed by atoms with Gasteiger partial charge >= 0.3 is 0 Å². The van der Waals surface area contributed by atoms with Crippen LogP contribution in [0.3, 0.4) is 0 Å². The van der Waals surface area contributed by atoms with E-state index in [0.29, 0.717) is 16.5 Å². The van der Waals surface area contributed by atoms with Crippen molar-refractivity contribution >= 4 is 23.2 Å². The molecule has 1 aliphatic rings. The van der Waals surface area contributed by atoms with Gasteiger partial charge in [-0.05, 0) is 12.1 Å². The molecule has 1 aromatic rings. The summed E-state index contributed by atoms with van der Waals surface area (Å²) < 4.78 is 0. The predicted octanol–water partition coefficient (Wildman–Crippen LogP) is 2.85. The molecule has 5 heteroatoms. The van der Waals surface area contributed by atoms with Crippen molar-refractivity contribution in [2.45, 2.75) is 12.5 Å². The van der Waals surface area contributed by atoms with E-state index in [4.69, 9.17) is 28.5 Å². The van der Waals surface area contributed by atoms with Crippen molar-refractivity contribution in [1.82, 2.24) is 10.2 Å². The summed E-state index contributed by atoms with van der Waals surface area (Å²) in [7, 11) is 0. The first kappa shape index (κ1) is 13.6. The summed E-state index contributed by atoms with van der Waals surface area (Å²) in [5, 5.41) is 13.6. The van der Waals surface area contributed by atoms with Gasteiger partial charge < -0.3 is 5.32 Å². The minimum atomic E-state index is -0.0155. The van der Waals surface area contributed by atoms with Crippen LogP contribution < -0.4 is 5.32 Å². The summed E-state index contributed by atoms with van der Waals surface area (Å²) in [5.41, 5.74) is 0.879. The van der Waals surface area contributed by atoms with Crippen molar-refractivity contribution in [3.05, 3.63) is 33.8 Å². The highest BCUT2D eigenvalue weighted by Crippen LogP contribution is 2.35. The molecule has 0 radical (unpaired) electrons. The fraction of sp³-hybridized carbons (Fsp3) is 0.462. The smallest absolute Gasteiger partial charge is 0.0641 e. The zero-order valence-corrected chi connectivity index (χ0v) is 11.5. The van der Waals surface area contributed by atoms with Crippen LogP contribution in [0.5, 0.6) is 0 Å². The minimum absolute atomic E-state index is 0.0155. The third kappa shape index (κ3) is 2.96. The van der Waals surface area contributed by atoms with Gasteiger partial charge in [0.25, 0.3) is 0 Å². The summed E-state index contributed by atoms with van der Waals surface area (Å²) in [4.78, 5) is 2.27. The number of benzene rings is 1. The lowest BCUT2D eigenvalue weighted by Crippen LogP contribution is -2.45. The fourth-order valence-electron chi connectivity index (χ4n) is 2.32. The van der Waals surface area contributed by atoms with Gasteiger partial charge in [-0.2, -0.15) is 5.26 Å². The highest BCUT2D eigenvalue weighted by molar-refractivity contribution is 6.36. The summed E-state index contributed by atoms with van der Waals surface area (Å²) in [5.74, 6) is 0. The Kier molecular flexibility index (Phi) is 4.85. The normalized spacial score (nSPS) is 18.3. The van der Waals surface area contributed by atoms with Crippen LogP contribution in [-0.2, 0) is 0 Å². The molecular weight excluding hydrogens is 269 g/mol. The first-order valence-electron chi connectivity index (χ1n) is 5.99. The van der Waals surface area contributed by atoms with Crippen molar-refractivity contribution in [3.8, 4) is 6.07 Å². The maximum absolute atomic E-state index is 9.03. The quantitative estimate of drug-likeness (QED) is 0.927. The van der Waals surface area contributed by atoms with Crippen molar-refractivity contribution in [2.75, 3.05) is 26.2 Å². The number of halogens is 2. The standard InChI is InChI=1S/C13H15Cl2N3/c14-10-2-1-3-11(15)13(10)12(4-5-16)18-8-6-17-7-9-18/h1-3,12,17H,4,6-9H2/t12-/m0/s1.